The number of nitrogens with one attached hydrogen (secondary N) is 1. The predicted molar refractivity (Wildman–Crippen MR) is 85.8 cm³/mol. The van der Waals surface area contributed by atoms with Gasteiger partial charge in [0, 0.05) is 25.3 Å². The summed E-state index contributed by atoms with van der Waals surface area (Å²) in [6.07, 6.45) is 0. The number of hydrogen-bond donors (Lipinski definition) is 1. The van der Waals surface area contributed by atoms with Crippen molar-refractivity contribution in [2.24, 2.45) is 11.3 Å². The number of rotatable bonds is 8. The molecule has 0 unspecified atom stereocenters. The minimum atomic E-state index is 0.279. The Labute approximate surface area is 119 Å². The van der Waals surface area contributed by atoms with E-state index in [1.807, 2.05) is 0 Å². The standard InChI is InChI=1S/C17H30N2/c1-6-19(16-10-8-7-9-11-16)14-17(4,5)13-18-12-15(2)3/h7-11,15,18H,6,12-14H2,1-5H3. The third-order valence-corrected chi connectivity index (χ3v) is 3.28. The molecule has 0 radical (unpaired) electrons. The Hall–Kier alpha value is -1.02. The summed E-state index contributed by atoms with van der Waals surface area (Å²) < 4.78 is 0. The van der Waals surface area contributed by atoms with Crippen LogP contribution in [0, 0.1) is 11.3 Å². The first-order valence-corrected chi connectivity index (χ1v) is 7.45. The SMILES string of the molecule is CCN(CC(C)(C)CNCC(C)C)c1ccccc1. The molecule has 0 bridgehead atoms. The summed E-state index contributed by atoms with van der Waals surface area (Å²) in [5.41, 5.74) is 1.60. The zero-order chi connectivity index (χ0) is 14.3. The van der Waals surface area contributed by atoms with Gasteiger partial charge in [-0.25, -0.2) is 0 Å². The highest BCUT2D eigenvalue weighted by Gasteiger charge is 2.21. The van der Waals surface area contributed by atoms with E-state index in [0.717, 1.165) is 26.2 Å². The first-order chi connectivity index (χ1) is 8.94. The zero-order valence-electron chi connectivity index (χ0n) is 13.2. The second kappa shape index (κ2) is 7.54. The van der Waals surface area contributed by atoms with Crippen molar-refractivity contribution >= 4 is 5.69 Å². The summed E-state index contributed by atoms with van der Waals surface area (Å²) in [5.74, 6) is 0.715. The second-order valence-corrected chi connectivity index (χ2v) is 6.54. The highest BCUT2D eigenvalue weighted by molar-refractivity contribution is 5.46. The fourth-order valence-corrected chi connectivity index (χ4v) is 2.30. The molecule has 0 saturated heterocycles. The lowest BCUT2D eigenvalue weighted by molar-refractivity contribution is 0.334. The fourth-order valence-electron chi connectivity index (χ4n) is 2.30. The van der Waals surface area contributed by atoms with Crippen LogP contribution in [0.4, 0.5) is 5.69 Å². The molecule has 19 heavy (non-hydrogen) atoms. The lowest BCUT2D eigenvalue weighted by atomic mass is 9.92. The van der Waals surface area contributed by atoms with Crippen LogP contribution in [0.2, 0.25) is 0 Å². The van der Waals surface area contributed by atoms with Crippen molar-refractivity contribution in [1.29, 1.82) is 0 Å². The van der Waals surface area contributed by atoms with Crippen molar-refractivity contribution in [3.63, 3.8) is 0 Å². The van der Waals surface area contributed by atoms with Crippen LogP contribution in [-0.4, -0.2) is 26.2 Å². The maximum Gasteiger partial charge on any atom is 0.0366 e. The molecule has 1 aromatic rings. The smallest absolute Gasteiger partial charge is 0.0366 e. The fraction of sp³-hybridized carbons (Fsp3) is 0.647. The van der Waals surface area contributed by atoms with Crippen LogP contribution in [0.15, 0.2) is 30.3 Å². The Morgan fingerprint density at radius 1 is 1.16 bits per heavy atom. The molecule has 0 fully saturated rings. The van der Waals surface area contributed by atoms with E-state index in [0.29, 0.717) is 5.92 Å². The monoisotopic (exact) mass is 262 g/mol. The predicted octanol–water partition coefficient (Wildman–Crippen LogP) is 3.78. The Bertz CT molecular complexity index is 344. The molecule has 0 spiro atoms. The molecule has 0 amide bonds. The van der Waals surface area contributed by atoms with Crippen LogP contribution in [0.5, 0.6) is 0 Å². The number of nitrogens with zero attached hydrogens (tertiary/aromatic N) is 1. The van der Waals surface area contributed by atoms with E-state index in [9.17, 15) is 0 Å². The van der Waals surface area contributed by atoms with Crippen LogP contribution in [0.1, 0.15) is 34.6 Å². The minimum absolute atomic E-state index is 0.279. The van der Waals surface area contributed by atoms with Gasteiger partial charge >= 0.3 is 0 Å². The van der Waals surface area contributed by atoms with Crippen molar-refractivity contribution in [1.82, 2.24) is 5.32 Å². The molecule has 0 heterocycles. The molecule has 0 aliphatic carbocycles. The van der Waals surface area contributed by atoms with Gasteiger partial charge in [-0.05, 0) is 36.9 Å². The highest BCUT2D eigenvalue weighted by atomic mass is 15.1. The van der Waals surface area contributed by atoms with Crippen molar-refractivity contribution in [2.45, 2.75) is 34.6 Å². The van der Waals surface area contributed by atoms with Gasteiger partial charge < -0.3 is 10.2 Å². The Balaban J connectivity index is 2.54. The van der Waals surface area contributed by atoms with E-state index in [1.165, 1.54) is 5.69 Å². The maximum atomic E-state index is 3.58. The Kier molecular flexibility index (Phi) is 6.36. The maximum absolute atomic E-state index is 3.58. The largest absolute Gasteiger partial charge is 0.371 e. The Morgan fingerprint density at radius 3 is 2.32 bits per heavy atom. The van der Waals surface area contributed by atoms with Gasteiger partial charge in [-0.2, -0.15) is 0 Å². The zero-order valence-corrected chi connectivity index (χ0v) is 13.2. The first kappa shape index (κ1) is 16.0. The van der Waals surface area contributed by atoms with Gasteiger partial charge in [0.25, 0.3) is 0 Å². The van der Waals surface area contributed by atoms with E-state index in [4.69, 9.17) is 0 Å². The summed E-state index contributed by atoms with van der Waals surface area (Å²) in [7, 11) is 0. The molecule has 2 nitrogen and oxygen atoms in total. The third-order valence-electron chi connectivity index (χ3n) is 3.28. The summed E-state index contributed by atoms with van der Waals surface area (Å²) in [6, 6.07) is 10.7. The molecule has 0 aliphatic heterocycles. The van der Waals surface area contributed by atoms with Gasteiger partial charge in [-0.15, -0.1) is 0 Å². The number of hydrogen-bond acceptors (Lipinski definition) is 2. The molecular weight excluding hydrogens is 232 g/mol. The van der Waals surface area contributed by atoms with Crippen LogP contribution in [0.3, 0.4) is 0 Å². The summed E-state index contributed by atoms with van der Waals surface area (Å²) >= 11 is 0. The average molecular weight is 262 g/mol. The highest BCUT2D eigenvalue weighted by Crippen LogP contribution is 2.21. The van der Waals surface area contributed by atoms with Crippen LogP contribution >= 0.6 is 0 Å². The molecule has 108 valence electrons. The normalized spacial score (nSPS) is 11.9. The quantitative estimate of drug-likeness (QED) is 0.767. The summed E-state index contributed by atoms with van der Waals surface area (Å²) in [5, 5.41) is 3.58. The van der Waals surface area contributed by atoms with Gasteiger partial charge in [0.05, 0.1) is 0 Å². The number of para-hydroxylation sites is 1. The summed E-state index contributed by atoms with van der Waals surface area (Å²) in [4.78, 5) is 2.46. The van der Waals surface area contributed by atoms with E-state index >= 15 is 0 Å². The van der Waals surface area contributed by atoms with Gasteiger partial charge in [0.1, 0.15) is 0 Å². The first-order valence-electron chi connectivity index (χ1n) is 7.45. The van der Waals surface area contributed by atoms with Crippen LogP contribution < -0.4 is 10.2 Å². The minimum Gasteiger partial charge on any atom is -0.371 e. The van der Waals surface area contributed by atoms with E-state index < -0.39 is 0 Å². The van der Waals surface area contributed by atoms with E-state index in [1.54, 1.807) is 0 Å². The van der Waals surface area contributed by atoms with Crippen molar-refractivity contribution in [3.05, 3.63) is 30.3 Å². The lowest BCUT2D eigenvalue weighted by Crippen LogP contribution is -2.41. The molecule has 1 aromatic carbocycles. The molecule has 0 aliphatic rings. The summed E-state index contributed by atoms with van der Waals surface area (Å²) in [6.45, 7) is 15.7. The van der Waals surface area contributed by atoms with Gasteiger partial charge in [0.15, 0.2) is 0 Å². The Morgan fingerprint density at radius 2 is 1.79 bits per heavy atom. The second-order valence-electron chi connectivity index (χ2n) is 6.54. The molecule has 0 saturated carbocycles. The molecule has 2 heteroatoms. The van der Waals surface area contributed by atoms with Gasteiger partial charge in [-0.3, -0.25) is 0 Å². The van der Waals surface area contributed by atoms with Crippen molar-refractivity contribution in [2.75, 3.05) is 31.1 Å². The lowest BCUT2D eigenvalue weighted by Gasteiger charge is -2.34. The van der Waals surface area contributed by atoms with Crippen molar-refractivity contribution in [3.8, 4) is 0 Å². The number of benzene rings is 1. The average Bonchev–Trinajstić information content (AvgIpc) is 2.36. The molecule has 0 atom stereocenters. The topological polar surface area (TPSA) is 15.3 Å². The van der Waals surface area contributed by atoms with Crippen LogP contribution in [-0.2, 0) is 0 Å². The van der Waals surface area contributed by atoms with E-state index in [-0.39, 0.29) is 5.41 Å². The number of anilines is 1. The van der Waals surface area contributed by atoms with E-state index in [2.05, 4.69) is 75.2 Å². The van der Waals surface area contributed by atoms with Crippen LogP contribution in [0.25, 0.3) is 0 Å². The molecule has 1 N–H and O–H groups in total. The molecular formula is C17H30N2. The van der Waals surface area contributed by atoms with Gasteiger partial charge in [0.2, 0.25) is 0 Å². The molecule has 1 rings (SSSR count). The van der Waals surface area contributed by atoms with Crippen molar-refractivity contribution < 1.29 is 0 Å². The third kappa shape index (κ3) is 6.11. The molecule has 0 aromatic heterocycles. The van der Waals surface area contributed by atoms with Gasteiger partial charge in [-0.1, -0.05) is 45.9 Å².